The van der Waals surface area contributed by atoms with Crippen molar-refractivity contribution in [1.82, 2.24) is 14.0 Å². The molecule has 3 aromatic rings. The van der Waals surface area contributed by atoms with E-state index in [0.29, 0.717) is 0 Å². The van der Waals surface area contributed by atoms with Gasteiger partial charge >= 0.3 is 0 Å². The van der Waals surface area contributed by atoms with Gasteiger partial charge in [0.1, 0.15) is 0 Å². The molecule has 0 aliphatic carbocycles. The summed E-state index contributed by atoms with van der Waals surface area (Å²) in [4.78, 5) is 0. The summed E-state index contributed by atoms with van der Waals surface area (Å²) in [5.41, 5.74) is 0. The fraction of sp³-hybridized carbons (Fsp3) is 0. The summed E-state index contributed by atoms with van der Waals surface area (Å²) in [5, 5.41) is 6.55. The predicted molar refractivity (Wildman–Crippen MR) is 59.5 cm³/mol. The van der Waals surface area contributed by atoms with Crippen molar-refractivity contribution < 1.29 is 0 Å². The third-order valence-electron chi connectivity index (χ3n) is 1.54. The van der Waals surface area contributed by atoms with Crippen molar-refractivity contribution in [3.8, 4) is 0 Å². The molecule has 5 heteroatoms. The summed E-state index contributed by atoms with van der Waals surface area (Å²) in [6.07, 6.45) is 3.55. The minimum Gasteiger partial charge on any atom is -0.200 e. The second kappa shape index (κ2) is 4.78. The van der Waals surface area contributed by atoms with Crippen molar-refractivity contribution in [2.75, 3.05) is 0 Å². The van der Waals surface area contributed by atoms with Crippen molar-refractivity contribution in [3.05, 3.63) is 42.0 Å². The van der Waals surface area contributed by atoms with Crippen LogP contribution in [0.1, 0.15) is 0 Å². The molecular formula is C9H7N3S2. The SMILES string of the molecule is c1ccc2sncc2c1.c1csnn1. The first-order valence-corrected chi connectivity index (χ1v) is 5.58. The Bertz CT molecular complexity index is 428. The lowest BCUT2D eigenvalue weighted by Gasteiger charge is -1.80. The van der Waals surface area contributed by atoms with Gasteiger partial charge < -0.3 is 0 Å². The number of fused-ring (bicyclic) bond motifs is 1. The monoisotopic (exact) mass is 221 g/mol. The second-order valence-electron chi connectivity index (χ2n) is 2.45. The Balaban J connectivity index is 0.000000128. The first-order valence-electron chi connectivity index (χ1n) is 3.97. The third-order valence-corrected chi connectivity index (χ3v) is 2.76. The molecule has 0 atom stereocenters. The van der Waals surface area contributed by atoms with E-state index >= 15 is 0 Å². The maximum atomic E-state index is 4.04. The second-order valence-corrected chi connectivity index (χ2v) is 3.93. The largest absolute Gasteiger partial charge is 0.200 e. The summed E-state index contributed by atoms with van der Waals surface area (Å²) in [7, 11) is 0. The summed E-state index contributed by atoms with van der Waals surface area (Å²) < 4.78 is 8.82. The van der Waals surface area contributed by atoms with Gasteiger partial charge in [-0.15, -0.1) is 5.10 Å². The van der Waals surface area contributed by atoms with Crippen molar-refractivity contribution >= 4 is 33.2 Å². The maximum Gasteiger partial charge on any atom is 0.0620 e. The molecule has 0 radical (unpaired) electrons. The van der Waals surface area contributed by atoms with Crippen molar-refractivity contribution in [3.63, 3.8) is 0 Å². The average Bonchev–Trinajstić information content (AvgIpc) is 2.92. The number of hydrogen-bond acceptors (Lipinski definition) is 5. The number of aromatic nitrogens is 3. The Kier molecular flexibility index (Phi) is 3.15. The predicted octanol–water partition coefficient (Wildman–Crippen LogP) is 2.83. The van der Waals surface area contributed by atoms with E-state index in [1.807, 2.05) is 23.7 Å². The lowest BCUT2D eigenvalue weighted by Crippen LogP contribution is -1.56. The van der Waals surface area contributed by atoms with Crippen LogP contribution in [0.2, 0.25) is 0 Å². The molecule has 14 heavy (non-hydrogen) atoms. The quantitative estimate of drug-likeness (QED) is 0.586. The third kappa shape index (κ3) is 2.34. The van der Waals surface area contributed by atoms with Gasteiger partial charge in [0.05, 0.1) is 10.9 Å². The van der Waals surface area contributed by atoms with Crippen LogP contribution in [0.5, 0.6) is 0 Å². The zero-order valence-corrected chi connectivity index (χ0v) is 8.83. The van der Waals surface area contributed by atoms with Crippen LogP contribution in [0.4, 0.5) is 0 Å². The van der Waals surface area contributed by atoms with Gasteiger partial charge in [-0.1, -0.05) is 22.7 Å². The van der Waals surface area contributed by atoms with Crippen LogP contribution in [0.3, 0.4) is 0 Å². The van der Waals surface area contributed by atoms with E-state index in [1.165, 1.54) is 33.2 Å². The summed E-state index contributed by atoms with van der Waals surface area (Å²) in [5.74, 6) is 0. The highest BCUT2D eigenvalue weighted by Gasteiger charge is 1.89. The van der Waals surface area contributed by atoms with Crippen LogP contribution in [-0.4, -0.2) is 14.0 Å². The molecule has 0 aliphatic heterocycles. The van der Waals surface area contributed by atoms with E-state index in [4.69, 9.17) is 0 Å². The highest BCUT2D eigenvalue weighted by Crippen LogP contribution is 2.15. The van der Waals surface area contributed by atoms with Crippen LogP contribution >= 0.6 is 23.1 Å². The van der Waals surface area contributed by atoms with Gasteiger partial charge in [-0.05, 0) is 29.1 Å². The highest BCUT2D eigenvalue weighted by molar-refractivity contribution is 7.13. The van der Waals surface area contributed by atoms with E-state index in [1.54, 1.807) is 6.20 Å². The van der Waals surface area contributed by atoms with E-state index in [0.717, 1.165) is 0 Å². The van der Waals surface area contributed by atoms with Gasteiger partial charge in [0.25, 0.3) is 0 Å². The number of hydrogen-bond donors (Lipinski definition) is 0. The first-order chi connectivity index (χ1) is 6.97. The highest BCUT2D eigenvalue weighted by atomic mass is 32.1. The molecule has 0 saturated carbocycles. The molecule has 0 saturated heterocycles. The Morgan fingerprint density at radius 2 is 2.07 bits per heavy atom. The fourth-order valence-electron chi connectivity index (χ4n) is 0.946. The average molecular weight is 221 g/mol. The number of nitrogens with zero attached hydrogens (tertiary/aromatic N) is 3. The van der Waals surface area contributed by atoms with Crippen LogP contribution in [-0.2, 0) is 0 Å². The van der Waals surface area contributed by atoms with Crippen molar-refractivity contribution in [2.24, 2.45) is 0 Å². The minimum absolute atomic E-state index is 1.24. The molecule has 3 rings (SSSR count). The zero-order valence-electron chi connectivity index (χ0n) is 7.20. The van der Waals surface area contributed by atoms with Gasteiger partial charge in [-0.25, -0.2) is 0 Å². The summed E-state index contributed by atoms with van der Waals surface area (Å²) in [6, 6.07) is 8.20. The fourth-order valence-corrected chi connectivity index (χ4v) is 1.86. The first kappa shape index (κ1) is 9.23. The van der Waals surface area contributed by atoms with Crippen molar-refractivity contribution in [1.29, 1.82) is 0 Å². The molecule has 0 aliphatic rings. The van der Waals surface area contributed by atoms with Gasteiger partial charge in [0.2, 0.25) is 0 Å². The Hall–Kier alpha value is -1.33. The van der Waals surface area contributed by atoms with Crippen LogP contribution < -0.4 is 0 Å². The van der Waals surface area contributed by atoms with Gasteiger partial charge in [-0.3, -0.25) is 0 Å². The molecule has 3 nitrogen and oxygen atoms in total. The smallest absolute Gasteiger partial charge is 0.0620 e. The van der Waals surface area contributed by atoms with E-state index in [2.05, 4.69) is 26.1 Å². The molecular weight excluding hydrogens is 214 g/mol. The van der Waals surface area contributed by atoms with E-state index in [-0.39, 0.29) is 0 Å². The minimum atomic E-state index is 1.24. The van der Waals surface area contributed by atoms with Crippen molar-refractivity contribution in [2.45, 2.75) is 0 Å². The van der Waals surface area contributed by atoms with Crippen LogP contribution in [0, 0.1) is 0 Å². The number of rotatable bonds is 0. The molecule has 0 spiro atoms. The molecule has 0 bridgehead atoms. The normalized spacial score (nSPS) is 9.43. The summed E-state index contributed by atoms with van der Waals surface area (Å²) >= 11 is 2.89. The Morgan fingerprint density at radius 1 is 1.14 bits per heavy atom. The Morgan fingerprint density at radius 3 is 2.71 bits per heavy atom. The van der Waals surface area contributed by atoms with E-state index in [9.17, 15) is 0 Å². The Labute approximate surface area is 89.4 Å². The summed E-state index contributed by atoms with van der Waals surface area (Å²) in [6.45, 7) is 0. The van der Waals surface area contributed by atoms with E-state index < -0.39 is 0 Å². The molecule has 0 amide bonds. The van der Waals surface area contributed by atoms with Crippen LogP contribution in [0.25, 0.3) is 10.1 Å². The standard InChI is InChI=1S/C7H5NS.C2H2N2S/c1-2-4-7-6(3-1)5-8-9-7;1-2-5-4-3-1/h1-5H;1-2H. The lowest BCUT2D eigenvalue weighted by atomic mass is 10.3. The van der Waals surface area contributed by atoms with Gasteiger partial charge in [-0.2, -0.15) is 4.37 Å². The maximum absolute atomic E-state index is 4.04. The molecule has 0 unspecified atom stereocenters. The topological polar surface area (TPSA) is 38.7 Å². The zero-order chi connectivity index (χ0) is 9.64. The molecule has 0 fully saturated rings. The molecule has 1 aromatic carbocycles. The molecule has 2 heterocycles. The molecule has 2 aromatic heterocycles. The lowest BCUT2D eigenvalue weighted by molar-refractivity contribution is 1.16. The van der Waals surface area contributed by atoms with Gasteiger partial charge in [0.15, 0.2) is 0 Å². The molecule has 0 N–H and O–H groups in total. The number of benzene rings is 1. The molecule has 70 valence electrons. The van der Waals surface area contributed by atoms with Crippen LogP contribution in [0.15, 0.2) is 42.0 Å². The van der Waals surface area contributed by atoms with Gasteiger partial charge in [0, 0.05) is 17.0 Å².